The number of phosphoric ester groups is 1. The Balaban J connectivity index is 4.51. The molecule has 0 saturated carbocycles. The van der Waals surface area contributed by atoms with E-state index in [0.717, 1.165) is 70.6 Å². The van der Waals surface area contributed by atoms with E-state index in [1.807, 2.05) is 6.08 Å². The molecule has 0 rings (SSSR count). The van der Waals surface area contributed by atoms with Crippen LogP contribution in [-0.2, 0) is 18.4 Å². The number of allylic oxidation sites excluding steroid dienone is 7. The van der Waals surface area contributed by atoms with Gasteiger partial charge in [0, 0.05) is 13.0 Å². The molecule has 0 aromatic carbocycles. The number of nitrogens with one attached hydrogen (secondary N) is 1. The van der Waals surface area contributed by atoms with Crippen LogP contribution in [0.3, 0.4) is 0 Å². The van der Waals surface area contributed by atoms with Crippen LogP contribution in [0.5, 0.6) is 0 Å². The summed E-state index contributed by atoms with van der Waals surface area (Å²) >= 11 is 0. The predicted octanol–water partition coefficient (Wildman–Crippen LogP) is 8.21. The van der Waals surface area contributed by atoms with Crippen LogP contribution in [0.2, 0.25) is 0 Å². The summed E-state index contributed by atoms with van der Waals surface area (Å²) in [6.45, 7) is 3.98. The molecule has 5 N–H and O–H groups in total. The highest BCUT2D eigenvalue weighted by molar-refractivity contribution is 7.47. The largest absolute Gasteiger partial charge is 0.472 e. The standard InChI is InChI=1S/C34H63N2O6P/c1-3-5-7-9-11-13-15-17-19-21-23-25-27-33(37)32(31-42-43(39,40)41-30-29-35)36-34(38)28-26-24-22-20-18-16-14-12-10-8-6-4-2/h9,11-12,14,17,19,25,27,32-33,37H,3-8,10,13,15-16,18,20-24,26,28-31,35H2,1-2H3,(H,36,38)(H,39,40)/b11-9+,14-12-,19-17+,27-25+. The summed E-state index contributed by atoms with van der Waals surface area (Å²) in [5, 5.41) is 13.5. The van der Waals surface area contributed by atoms with Crippen molar-refractivity contribution in [1.29, 1.82) is 0 Å². The zero-order valence-electron chi connectivity index (χ0n) is 27.2. The number of amides is 1. The summed E-state index contributed by atoms with van der Waals surface area (Å²) in [6.07, 6.45) is 34.4. The fourth-order valence-corrected chi connectivity index (χ4v) is 5.02. The van der Waals surface area contributed by atoms with Gasteiger partial charge < -0.3 is 21.1 Å². The first-order valence-corrected chi connectivity index (χ1v) is 18.3. The van der Waals surface area contributed by atoms with Crippen molar-refractivity contribution in [3.8, 4) is 0 Å². The Morgan fingerprint density at radius 2 is 1.26 bits per heavy atom. The van der Waals surface area contributed by atoms with Gasteiger partial charge in [-0.1, -0.05) is 107 Å². The van der Waals surface area contributed by atoms with Crippen molar-refractivity contribution >= 4 is 13.7 Å². The molecule has 9 heteroatoms. The van der Waals surface area contributed by atoms with Gasteiger partial charge in [0.2, 0.25) is 5.91 Å². The topological polar surface area (TPSA) is 131 Å². The van der Waals surface area contributed by atoms with Gasteiger partial charge in [-0.3, -0.25) is 13.8 Å². The second-order valence-electron chi connectivity index (χ2n) is 11.0. The quantitative estimate of drug-likeness (QED) is 0.0359. The molecule has 0 bridgehead atoms. The Morgan fingerprint density at radius 1 is 0.744 bits per heavy atom. The number of hydrogen-bond acceptors (Lipinski definition) is 6. The van der Waals surface area contributed by atoms with Gasteiger partial charge in [-0.05, 0) is 64.2 Å². The number of phosphoric acid groups is 1. The van der Waals surface area contributed by atoms with E-state index in [-0.39, 0.29) is 25.7 Å². The van der Waals surface area contributed by atoms with Gasteiger partial charge in [-0.2, -0.15) is 0 Å². The van der Waals surface area contributed by atoms with Crippen LogP contribution in [0, 0.1) is 0 Å². The molecule has 0 aromatic heterocycles. The molecule has 0 aromatic rings. The number of carbonyl (C=O) groups is 1. The van der Waals surface area contributed by atoms with Crippen molar-refractivity contribution in [2.75, 3.05) is 19.8 Å². The highest BCUT2D eigenvalue weighted by atomic mass is 31.2. The number of carbonyl (C=O) groups excluding carboxylic acids is 1. The summed E-state index contributed by atoms with van der Waals surface area (Å²) in [7, 11) is -4.34. The summed E-state index contributed by atoms with van der Waals surface area (Å²) < 4.78 is 21.9. The molecular weight excluding hydrogens is 563 g/mol. The molecular formula is C34H63N2O6P. The Bertz CT molecular complexity index is 815. The van der Waals surface area contributed by atoms with Gasteiger partial charge in [-0.15, -0.1) is 0 Å². The Kier molecular flexibility index (Phi) is 29.4. The molecule has 0 fully saturated rings. The van der Waals surface area contributed by atoms with E-state index in [0.29, 0.717) is 6.42 Å². The van der Waals surface area contributed by atoms with E-state index in [1.165, 1.54) is 38.5 Å². The molecule has 0 radical (unpaired) electrons. The van der Waals surface area contributed by atoms with E-state index in [1.54, 1.807) is 6.08 Å². The minimum absolute atomic E-state index is 0.0687. The molecule has 0 heterocycles. The maximum Gasteiger partial charge on any atom is 0.472 e. The van der Waals surface area contributed by atoms with E-state index in [2.05, 4.69) is 55.6 Å². The molecule has 0 aliphatic carbocycles. The molecule has 3 unspecified atom stereocenters. The maximum atomic E-state index is 12.6. The smallest absolute Gasteiger partial charge is 0.387 e. The van der Waals surface area contributed by atoms with Crippen LogP contribution in [0.1, 0.15) is 129 Å². The fourth-order valence-electron chi connectivity index (χ4n) is 4.26. The monoisotopic (exact) mass is 626 g/mol. The van der Waals surface area contributed by atoms with Crippen LogP contribution in [0.25, 0.3) is 0 Å². The number of nitrogens with two attached hydrogens (primary N) is 1. The third-order valence-electron chi connectivity index (χ3n) is 6.85. The third-order valence-corrected chi connectivity index (χ3v) is 7.84. The first-order chi connectivity index (χ1) is 20.9. The number of aliphatic hydroxyl groups excluding tert-OH is 1. The maximum absolute atomic E-state index is 12.6. The van der Waals surface area contributed by atoms with Crippen LogP contribution in [0.15, 0.2) is 48.6 Å². The predicted molar refractivity (Wildman–Crippen MR) is 180 cm³/mol. The zero-order valence-corrected chi connectivity index (χ0v) is 28.1. The summed E-state index contributed by atoms with van der Waals surface area (Å²) in [6, 6.07) is -0.884. The lowest BCUT2D eigenvalue weighted by atomic mass is 10.1. The Morgan fingerprint density at radius 3 is 1.86 bits per heavy atom. The van der Waals surface area contributed by atoms with Crippen molar-refractivity contribution in [3.63, 3.8) is 0 Å². The van der Waals surface area contributed by atoms with Gasteiger partial charge >= 0.3 is 7.82 Å². The Labute approximate surface area is 262 Å². The third kappa shape index (κ3) is 29.0. The normalized spacial score (nSPS) is 15.2. The van der Waals surface area contributed by atoms with Crippen LogP contribution in [-0.4, -0.2) is 47.8 Å². The van der Waals surface area contributed by atoms with Crippen molar-refractivity contribution in [2.45, 2.75) is 142 Å². The number of hydrogen-bond donors (Lipinski definition) is 4. The second kappa shape index (κ2) is 30.5. The molecule has 0 saturated heterocycles. The van der Waals surface area contributed by atoms with Gasteiger partial charge in [-0.25, -0.2) is 4.57 Å². The Hall–Kier alpha value is -1.54. The fraction of sp³-hybridized carbons (Fsp3) is 0.735. The van der Waals surface area contributed by atoms with E-state index < -0.39 is 20.0 Å². The SMILES string of the molecule is CCCC/C=C/CC/C=C/CC/C=C/C(O)C(COP(=O)(O)OCCN)NC(=O)CCCCCCC/C=C\CCCCC. The van der Waals surface area contributed by atoms with E-state index in [4.69, 9.17) is 14.8 Å². The number of aliphatic hydroxyl groups is 1. The van der Waals surface area contributed by atoms with Gasteiger partial charge in [0.15, 0.2) is 0 Å². The van der Waals surface area contributed by atoms with Gasteiger partial charge in [0.25, 0.3) is 0 Å². The van der Waals surface area contributed by atoms with Gasteiger partial charge in [0.05, 0.1) is 25.4 Å². The van der Waals surface area contributed by atoms with E-state index in [9.17, 15) is 19.4 Å². The second-order valence-corrected chi connectivity index (χ2v) is 12.4. The lowest BCUT2D eigenvalue weighted by molar-refractivity contribution is -0.123. The number of unbranched alkanes of at least 4 members (excludes halogenated alkanes) is 12. The van der Waals surface area contributed by atoms with Crippen molar-refractivity contribution in [1.82, 2.24) is 5.32 Å². The highest BCUT2D eigenvalue weighted by Gasteiger charge is 2.26. The summed E-state index contributed by atoms with van der Waals surface area (Å²) in [4.78, 5) is 22.5. The average Bonchev–Trinajstić information content (AvgIpc) is 2.99. The average molecular weight is 627 g/mol. The summed E-state index contributed by atoms with van der Waals surface area (Å²) in [5.41, 5.74) is 5.33. The molecule has 3 atom stereocenters. The molecule has 0 aliphatic heterocycles. The number of rotatable bonds is 30. The molecule has 43 heavy (non-hydrogen) atoms. The van der Waals surface area contributed by atoms with Crippen LogP contribution in [0.4, 0.5) is 0 Å². The zero-order chi connectivity index (χ0) is 31.9. The molecule has 250 valence electrons. The van der Waals surface area contributed by atoms with Crippen molar-refractivity contribution in [2.24, 2.45) is 5.73 Å². The van der Waals surface area contributed by atoms with Crippen molar-refractivity contribution in [3.05, 3.63) is 48.6 Å². The van der Waals surface area contributed by atoms with Crippen LogP contribution < -0.4 is 11.1 Å². The molecule has 8 nitrogen and oxygen atoms in total. The van der Waals surface area contributed by atoms with E-state index >= 15 is 0 Å². The minimum Gasteiger partial charge on any atom is -0.387 e. The first-order valence-electron chi connectivity index (χ1n) is 16.8. The molecule has 0 aliphatic rings. The summed E-state index contributed by atoms with van der Waals surface area (Å²) in [5.74, 6) is -0.224. The van der Waals surface area contributed by atoms with Crippen molar-refractivity contribution < 1.29 is 28.4 Å². The first kappa shape index (κ1) is 41.5. The lowest BCUT2D eigenvalue weighted by Crippen LogP contribution is -2.45. The molecule has 0 spiro atoms. The lowest BCUT2D eigenvalue weighted by Gasteiger charge is -2.23. The van der Waals surface area contributed by atoms with Crippen LogP contribution >= 0.6 is 7.82 Å². The van der Waals surface area contributed by atoms with Gasteiger partial charge in [0.1, 0.15) is 0 Å². The molecule has 1 amide bonds. The highest BCUT2D eigenvalue weighted by Crippen LogP contribution is 2.43. The minimum atomic E-state index is -4.34.